The normalized spacial score (nSPS) is 10.3. The lowest BCUT2D eigenvalue weighted by Gasteiger charge is -2.17. The highest BCUT2D eigenvalue weighted by Gasteiger charge is 2.15. The Morgan fingerprint density at radius 1 is 1.00 bits per heavy atom. The Balaban J connectivity index is 1.77. The van der Waals surface area contributed by atoms with E-state index in [9.17, 15) is 4.79 Å². The molecule has 0 atom stereocenters. The minimum absolute atomic E-state index is 0.142. The average molecular weight is 331 g/mol. The third-order valence-corrected chi connectivity index (χ3v) is 4.08. The molecule has 0 spiro atoms. The quantitative estimate of drug-likeness (QED) is 0.739. The van der Waals surface area contributed by atoms with E-state index < -0.39 is 0 Å². The van der Waals surface area contributed by atoms with Gasteiger partial charge in [0.05, 0.1) is 0 Å². The van der Waals surface area contributed by atoms with Crippen molar-refractivity contribution < 1.29 is 4.79 Å². The molecule has 0 unspecified atom stereocenters. The molecule has 2 aromatic carbocycles. The molecule has 1 amide bonds. The summed E-state index contributed by atoms with van der Waals surface area (Å²) in [5.74, 6) is -0.142. The fraction of sp³-hybridized carbons (Fsp3) is 0.143. The number of rotatable bonds is 5. The number of nitrogens with zero attached hydrogens (tertiary/aromatic N) is 2. The van der Waals surface area contributed by atoms with Crippen molar-refractivity contribution in [1.29, 1.82) is 0 Å². The molecule has 4 heteroatoms. The Labute approximate surface area is 148 Å². The molecular weight excluding hydrogens is 310 g/mol. The molecule has 1 heterocycles. The zero-order chi connectivity index (χ0) is 17.6. The van der Waals surface area contributed by atoms with Crippen LogP contribution in [0.5, 0.6) is 0 Å². The van der Waals surface area contributed by atoms with Crippen LogP contribution in [0.1, 0.15) is 23.0 Å². The fourth-order valence-corrected chi connectivity index (χ4v) is 2.56. The molecule has 0 aliphatic carbocycles. The first kappa shape index (κ1) is 16.7. The summed E-state index contributed by atoms with van der Waals surface area (Å²) in [6.45, 7) is 2.13. The Morgan fingerprint density at radius 3 is 2.40 bits per heavy atom. The minimum atomic E-state index is -0.142. The summed E-state index contributed by atoms with van der Waals surface area (Å²) < 4.78 is 0. The van der Waals surface area contributed by atoms with Crippen molar-refractivity contribution in [2.75, 3.05) is 17.3 Å². The molecule has 4 nitrogen and oxygen atoms in total. The number of carbonyl (C=O) groups is 1. The molecule has 1 N–H and O–H groups in total. The number of carbonyl (C=O) groups excluding carboxylic acids is 1. The molecule has 0 saturated carbocycles. The Hall–Kier alpha value is -3.14. The van der Waals surface area contributed by atoms with E-state index >= 15 is 0 Å². The molecule has 0 fully saturated rings. The maximum Gasteiger partial charge on any atom is 0.276 e. The Bertz CT molecular complexity index is 845. The van der Waals surface area contributed by atoms with Gasteiger partial charge in [0.1, 0.15) is 5.69 Å². The van der Waals surface area contributed by atoms with Gasteiger partial charge in [-0.25, -0.2) is 0 Å². The van der Waals surface area contributed by atoms with Crippen molar-refractivity contribution in [2.45, 2.75) is 13.3 Å². The largest absolute Gasteiger partial charge is 0.355 e. The first-order valence-corrected chi connectivity index (χ1v) is 8.32. The van der Waals surface area contributed by atoms with E-state index in [2.05, 4.69) is 29.4 Å². The highest BCUT2D eigenvalue weighted by Crippen LogP contribution is 2.19. The highest BCUT2D eigenvalue weighted by molar-refractivity contribution is 6.04. The van der Waals surface area contributed by atoms with Gasteiger partial charge in [-0.1, -0.05) is 37.3 Å². The third kappa shape index (κ3) is 4.04. The molecule has 126 valence electrons. The second-order valence-corrected chi connectivity index (χ2v) is 5.80. The van der Waals surface area contributed by atoms with Crippen LogP contribution in [-0.4, -0.2) is 17.9 Å². The average Bonchev–Trinajstić information content (AvgIpc) is 2.68. The van der Waals surface area contributed by atoms with Gasteiger partial charge in [-0.15, -0.1) is 0 Å². The standard InChI is InChI=1S/C21H21N3O/c1-3-16-9-11-17(12-10-16)23-18-13-14-22-20(15-18)21(25)24(2)19-7-5-4-6-8-19/h4-15H,3H2,1-2H3,(H,22,23). The number of anilines is 3. The van der Waals surface area contributed by atoms with Gasteiger partial charge < -0.3 is 10.2 Å². The zero-order valence-corrected chi connectivity index (χ0v) is 14.4. The molecular formula is C21H21N3O. The van der Waals surface area contributed by atoms with Crippen LogP contribution in [0.25, 0.3) is 0 Å². The SMILES string of the molecule is CCc1ccc(Nc2ccnc(C(=O)N(C)c3ccccc3)c2)cc1. The molecule has 0 aliphatic rings. The van der Waals surface area contributed by atoms with Crippen LogP contribution >= 0.6 is 0 Å². The van der Waals surface area contributed by atoms with Gasteiger partial charge in [-0.05, 0) is 48.4 Å². The van der Waals surface area contributed by atoms with Crippen molar-refractivity contribution >= 4 is 23.0 Å². The number of aromatic nitrogens is 1. The first-order chi connectivity index (χ1) is 12.2. The van der Waals surface area contributed by atoms with E-state index in [-0.39, 0.29) is 5.91 Å². The van der Waals surface area contributed by atoms with Gasteiger partial charge in [-0.2, -0.15) is 0 Å². The van der Waals surface area contributed by atoms with Crippen molar-refractivity contribution in [1.82, 2.24) is 4.98 Å². The first-order valence-electron chi connectivity index (χ1n) is 8.32. The summed E-state index contributed by atoms with van der Waals surface area (Å²) in [7, 11) is 1.75. The molecule has 0 bridgehead atoms. The number of amides is 1. The van der Waals surface area contributed by atoms with E-state index in [0.29, 0.717) is 5.69 Å². The summed E-state index contributed by atoms with van der Waals surface area (Å²) in [6.07, 6.45) is 2.66. The van der Waals surface area contributed by atoms with E-state index in [0.717, 1.165) is 23.5 Å². The number of aryl methyl sites for hydroxylation is 1. The Morgan fingerprint density at radius 2 is 1.72 bits per heavy atom. The van der Waals surface area contributed by atoms with Crippen LogP contribution in [0.4, 0.5) is 17.1 Å². The van der Waals surface area contributed by atoms with Crippen LogP contribution < -0.4 is 10.2 Å². The summed E-state index contributed by atoms with van der Waals surface area (Å²) in [5.41, 5.74) is 4.35. The van der Waals surface area contributed by atoms with Gasteiger partial charge in [0, 0.05) is 30.3 Å². The zero-order valence-electron chi connectivity index (χ0n) is 14.4. The maximum atomic E-state index is 12.7. The molecule has 0 aliphatic heterocycles. The lowest BCUT2D eigenvalue weighted by atomic mass is 10.1. The van der Waals surface area contributed by atoms with E-state index in [1.165, 1.54) is 5.56 Å². The molecule has 3 aromatic rings. The van der Waals surface area contributed by atoms with Crippen molar-refractivity contribution in [3.63, 3.8) is 0 Å². The highest BCUT2D eigenvalue weighted by atomic mass is 16.2. The molecule has 3 rings (SSSR count). The van der Waals surface area contributed by atoms with Crippen LogP contribution in [0.2, 0.25) is 0 Å². The van der Waals surface area contributed by atoms with Gasteiger partial charge in [0.25, 0.3) is 5.91 Å². The minimum Gasteiger partial charge on any atom is -0.355 e. The smallest absolute Gasteiger partial charge is 0.276 e. The van der Waals surface area contributed by atoms with Crippen LogP contribution in [0, 0.1) is 0 Å². The summed E-state index contributed by atoms with van der Waals surface area (Å²) in [5, 5.41) is 3.32. The van der Waals surface area contributed by atoms with E-state index in [4.69, 9.17) is 0 Å². The number of pyridine rings is 1. The topological polar surface area (TPSA) is 45.2 Å². The predicted octanol–water partition coefficient (Wildman–Crippen LogP) is 4.66. The third-order valence-electron chi connectivity index (χ3n) is 4.08. The molecule has 0 radical (unpaired) electrons. The van der Waals surface area contributed by atoms with E-state index in [1.54, 1.807) is 24.2 Å². The van der Waals surface area contributed by atoms with Crippen LogP contribution in [0.15, 0.2) is 72.9 Å². The number of nitrogens with one attached hydrogen (secondary N) is 1. The van der Waals surface area contributed by atoms with Crippen LogP contribution in [0.3, 0.4) is 0 Å². The summed E-state index contributed by atoms with van der Waals surface area (Å²) in [4.78, 5) is 18.5. The number of para-hydroxylation sites is 1. The van der Waals surface area contributed by atoms with Crippen molar-refractivity contribution in [2.24, 2.45) is 0 Å². The fourth-order valence-electron chi connectivity index (χ4n) is 2.56. The van der Waals surface area contributed by atoms with Gasteiger partial charge >= 0.3 is 0 Å². The van der Waals surface area contributed by atoms with Crippen LogP contribution in [-0.2, 0) is 6.42 Å². The second kappa shape index (κ2) is 7.62. The number of benzene rings is 2. The predicted molar refractivity (Wildman–Crippen MR) is 103 cm³/mol. The van der Waals surface area contributed by atoms with Gasteiger partial charge in [0.2, 0.25) is 0 Å². The second-order valence-electron chi connectivity index (χ2n) is 5.80. The lowest BCUT2D eigenvalue weighted by Crippen LogP contribution is -2.27. The van der Waals surface area contributed by atoms with Crippen molar-refractivity contribution in [3.8, 4) is 0 Å². The lowest BCUT2D eigenvalue weighted by molar-refractivity contribution is 0.0988. The van der Waals surface area contributed by atoms with Crippen molar-refractivity contribution in [3.05, 3.63) is 84.2 Å². The van der Waals surface area contributed by atoms with Gasteiger partial charge in [0.15, 0.2) is 0 Å². The molecule has 1 aromatic heterocycles. The summed E-state index contributed by atoms with van der Waals surface area (Å²) >= 11 is 0. The van der Waals surface area contributed by atoms with E-state index in [1.807, 2.05) is 48.5 Å². The summed E-state index contributed by atoms with van der Waals surface area (Å²) in [6, 6.07) is 21.4. The van der Waals surface area contributed by atoms with Gasteiger partial charge in [-0.3, -0.25) is 9.78 Å². The molecule has 25 heavy (non-hydrogen) atoms. The molecule has 0 saturated heterocycles. The number of hydrogen-bond donors (Lipinski definition) is 1. The Kier molecular flexibility index (Phi) is 5.09. The number of hydrogen-bond acceptors (Lipinski definition) is 3. The monoisotopic (exact) mass is 331 g/mol. The maximum absolute atomic E-state index is 12.7.